The van der Waals surface area contributed by atoms with E-state index in [0.717, 1.165) is 0 Å². The maximum atomic E-state index is 11.6. The lowest BCUT2D eigenvalue weighted by molar-refractivity contribution is 0.0518. The van der Waals surface area contributed by atoms with Gasteiger partial charge in [0.05, 0.1) is 17.2 Å². The van der Waals surface area contributed by atoms with Crippen molar-refractivity contribution in [2.45, 2.75) is 13.8 Å². The molecule has 0 atom stereocenters. The maximum absolute atomic E-state index is 11.6. The molecule has 2 aromatic rings. The largest absolute Gasteiger partial charge is 0.461 e. The van der Waals surface area contributed by atoms with Gasteiger partial charge < -0.3 is 9.15 Å². The highest BCUT2D eigenvalue weighted by Crippen LogP contribution is 2.28. The smallest absolute Gasteiger partial charge is 0.360 e. The third kappa shape index (κ3) is 2.38. The van der Waals surface area contributed by atoms with Crippen LogP contribution >= 0.6 is 11.6 Å². The van der Waals surface area contributed by atoms with Crippen LogP contribution in [0.5, 0.6) is 0 Å². The third-order valence-corrected chi connectivity index (χ3v) is 2.70. The molecule has 2 rings (SSSR count). The molecule has 94 valence electrons. The lowest BCUT2D eigenvalue weighted by Gasteiger charge is -1.97. The molecule has 0 aliphatic rings. The summed E-state index contributed by atoms with van der Waals surface area (Å²) in [4.78, 5) is 15.8. The summed E-state index contributed by atoms with van der Waals surface area (Å²) in [6.07, 6.45) is 0. The number of aromatic nitrogens is 1. The molecule has 0 spiro atoms. The van der Waals surface area contributed by atoms with Crippen LogP contribution in [0.1, 0.15) is 23.2 Å². The van der Waals surface area contributed by atoms with Crippen LogP contribution in [0.2, 0.25) is 5.02 Å². The number of ether oxygens (including phenoxy) is 1. The first-order valence-corrected chi connectivity index (χ1v) is 5.90. The number of aryl methyl sites for hydroxylation is 1. The lowest BCUT2D eigenvalue weighted by atomic mass is 10.2. The van der Waals surface area contributed by atoms with Crippen molar-refractivity contribution in [1.82, 2.24) is 4.98 Å². The normalized spacial score (nSPS) is 10.4. The first-order valence-electron chi connectivity index (χ1n) is 5.53. The van der Waals surface area contributed by atoms with Crippen LogP contribution in [0, 0.1) is 6.92 Å². The van der Waals surface area contributed by atoms with Crippen LogP contribution in [0.3, 0.4) is 0 Å². The molecule has 4 nitrogen and oxygen atoms in total. The number of carbonyl (C=O) groups is 1. The average molecular weight is 266 g/mol. The quantitative estimate of drug-likeness (QED) is 0.797. The van der Waals surface area contributed by atoms with Gasteiger partial charge >= 0.3 is 5.97 Å². The van der Waals surface area contributed by atoms with Crippen LogP contribution in [-0.4, -0.2) is 17.6 Å². The minimum Gasteiger partial charge on any atom is -0.461 e. The Bertz CT molecular complexity index is 577. The number of carbonyl (C=O) groups excluding carboxylic acids is 1. The summed E-state index contributed by atoms with van der Waals surface area (Å²) >= 11 is 6.04. The molecule has 0 aliphatic heterocycles. The van der Waals surface area contributed by atoms with Gasteiger partial charge in [-0.25, -0.2) is 9.78 Å². The van der Waals surface area contributed by atoms with E-state index in [1.54, 1.807) is 26.0 Å². The van der Waals surface area contributed by atoms with Crippen molar-refractivity contribution in [3.8, 4) is 11.5 Å². The standard InChI is InChI=1S/C13H12ClNO3/c1-3-17-13(16)11-8(2)18-12(15-11)9-6-4-5-7-10(9)14/h4-7H,3H2,1-2H3. The van der Waals surface area contributed by atoms with E-state index < -0.39 is 5.97 Å². The van der Waals surface area contributed by atoms with Gasteiger partial charge in [-0.05, 0) is 26.0 Å². The van der Waals surface area contributed by atoms with E-state index in [1.165, 1.54) is 0 Å². The predicted octanol–water partition coefficient (Wildman–Crippen LogP) is 3.48. The molecule has 0 bridgehead atoms. The number of halogens is 1. The fourth-order valence-electron chi connectivity index (χ4n) is 1.54. The van der Waals surface area contributed by atoms with Gasteiger partial charge in [0, 0.05) is 0 Å². The number of oxazole rings is 1. The molecule has 1 aromatic heterocycles. The summed E-state index contributed by atoms with van der Waals surface area (Å²) < 4.78 is 10.3. The van der Waals surface area contributed by atoms with Crippen molar-refractivity contribution in [2.24, 2.45) is 0 Å². The van der Waals surface area contributed by atoms with E-state index in [2.05, 4.69) is 4.98 Å². The Kier molecular flexibility index (Phi) is 3.67. The van der Waals surface area contributed by atoms with Gasteiger partial charge in [-0.1, -0.05) is 23.7 Å². The first-order chi connectivity index (χ1) is 8.63. The fraction of sp³-hybridized carbons (Fsp3) is 0.231. The van der Waals surface area contributed by atoms with Gasteiger partial charge in [-0.3, -0.25) is 0 Å². The van der Waals surface area contributed by atoms with Gasteiger partial charge in [-0.2, -0.15) is 0 Å². The van der Waals surface area contributed by atoms with E-state index >= 15 is 0 Å². The van der Waals surface area contributed by atoms with Crippen LogP contribution in [0.25, 0.3) is 11.5 Å². The summed E-state index contributed by atoms with van der Waals surface area (Å²) in [5, 5.41) is 0.522. The SMILES string of the molecule is CCOC(=O)c1nc(-c2ccccc2Cl)oc1C. The second-order valence-electron chi connectivity index (χ2n) is 3.62. The van der Waals surface area contributed by atoms with E-state index in [4.69, 9.17) is 20.8 Å². The Morgan fingerprint density at radius 2 is 2.17 bits per heavy atom. The van der Waals surface area contributed by atoms with Gasteiger partial charge in [0.1, 0.15) is 5.76 Å². The van der Waals surface area contributed by atoms with E-state index in [-0.39, 0.29) is 5.69 Å². The Labute approximate surface area is 110 Å². The predicted molar refractivity (Wildman–Crippen MR) is 67.6 cm³/mol. The summed E-state index contributed by atoms with van der Waals surface area (Å²) in [6, 6.07) is 7.15. The maximum Gasteiger partial charge on any atom is 0.360 e. The molecule has 1 aromatic carbocycles. The summed E-state index contributed by atoms with van der Waals surface area (Å²) in [5.74, 6) is 0.251. The number of esters is 1. The molecule has 0 amide bonds. The molecule has 0 radical (unpaired) electrons. The Hall–Kier alpha value is -1.81. The summed E-state index contributed by atoms with van der Waals surface area (Å²) in [5.41, 5.74) is 0.838. The van der Waals surface area contributed by atoms with Crippen molar-refractivity contribution in [1.29, 1.82) is 0 Å². The molecule has 0 saturated carbocycles. The van der Waals surface area contributed by atoms with Crippen molar-refractivity contribution in [3.05, 3.63) is 40.7 Å². The zero-order valence-corrected chi connectivity index (χ0v) is 10.8. The summed E-state index contributed by atoms with van der Waals surface area (Å²) in [6.45, 7) is 3.70. The second kappa shape index (κ2) is 5.23. The highest BCUT2D eigenvalue weighted by molar-refractivity contribution is 6.33. The van der Waals surface area contributed by atoms with Crippen LogP contribution in [-0.2, 0) is 4.74 Å². The summed E-state index contributed by atoms with van der Waals surface area (Å²) in [7, 11) is 0. The third-order valence-electron chi connectivity index (χ3n) is 2.37. The second-order valence-corrected chi connectivity index (χ2v) is 4.03. The zero-order valence-electron chi connectivity index (χ0n) is 10.1. The van der Waals surface area contributed by atoms with E-state index in [1.807, 2.05) is 12.1 Å². The Morgan fingerprint density at radius 3 is 2.83 bits per heavy atom. The fourth-order valence-corrected chi connectivity index (χ4v) is 1.75. The molecule has 0 aliphatic carbocycles. The van der Waals surface area contributed by atoms with Crippen molar-refractivity contribution in [3.63, 3.8) is 0 Å². The molecular formula is C13H12ClNO3. The topological polar surface area (TPSA) is 52.3 Å². The molecule has 5 heteroatoms. The first kappa shape index (κ1) is 12.6. The highest BCUT2D eigenvalue weighted by Gasteiger charge is 2.19. The van der Waals surface area contributed by atoms with Gasteiger partial charge in [0.15, 0.2) is 5.69 Å². The molecule has 18 heavy (non-hydrogen) atoms. The van der Waals surface area contributed by atoms with E-state index in [9.17, 15) is 4.79 Å². The molecule has 1 heterocycles. The van der Waals surface area contributed by atoms with Crippen LogP contribution < -0.4 is 0 Å². The molecule has 0 unspecified atom stereocenters. The highest BCUT2D eigenvalue weighted by atomic mass is 35.5. The van der Waals surface area contributed by atoms with Gasteiger partial charge in [-0.15, -0.1) is 0 Å². The number of hydrogen-bond donors (Lipinski definition) is 0. The molecule has 0 N–H and O–H groups in total. The number of rotatable bonds is 3. The van der Waals surface area contributed by atoms with Crippen LogP contribution in [0.15, 0.2) is 28.7 Å². The van der Waals surface area contributed by atoms with Crippen molar-refractivity contribution >= 4 is 17.6 Å². The van der Waals surface area contributed by atoms with Gasteiger partial charge in [0.25, 0.3) is 0 Å². The monoisotopic (exact) mass is 265 g/mol. The minimum absolute atomic E-state index is 0.187. The number of hydrogen-bond acceptors (Lipinski definition) is 4. The van der Waals surface area contributed by atoms with Crippen LogP contribution in [0.4, 0.5) is 0 Å². The molecule has 0 fully saturated rings. The zero-order chi connectivity index (χ0) is 13.1. The van der Waals surface area contributed by atoms with Crippen molar-refractivity contribution in [2.75, 3.05) is 6.61 Å². The van der Waals surface area contributed by atoms with E-state index in [0.29, 0.717) is 28.8 Å². The van der Waals surface area contributed by atoms with Crippen molar-refractivity contribution < 1.29 is 13.9 Å². The molecule has 0 saturated heterocycles. The lowest BCUT2D eigenvalue weighted by Crippen LogP contribution is -2.06. The number of nitrogens with zero attached hydrogens (tertiary/aromatic N) is 1. The van der Waals surface area contributed by atoms with Gasteiger partial charge in [0.2, 0.25) is 5.89 Å². The number of benzene rings is 1. The minimum atomic E-state index is -0.489. The Balaban J connectivity index is 2.41. The average Bonchev–Trinajstić information content (AvgIpc) is 2.72. The molecular weight excluding hydrogens is 254 g/mol. The Morgan fingerprint density at radius 1 is 1.44 bits per heavy atom.